The summed E-state index contributed by atoms with van der Waals surface area (Å²) in [7, 11) is 0. The summed E-state index contributed by atoms with van der Waals surface area (Å²) < 4.78 is 12.4. The maximum Gasteiger partial charge on any atom is 0.251 e. The maximum absolute atomic E-state index is 12.6. The van der Waals surface area contributed by atoms with Gasteiger partial charge in [-0.25, -0.2) is 0 Å². The Labute approximate surface area is 274 Å². The highest BCUT2D eigenvalue weighted by molar-refractivity contribution is 6.32. The van der Waals surface area contributed by atoms with Crippen molar-refractivity contribution in [3.63, 3.8) is 0 Å². The average molecular weight is 643 g/mol. The highest BCUT2D eigenvalue weighted by atomic mass is 35.5. The molecule has 4 aromatic rings. The van der Waals surface area contributed by atoms with Crippen LogP contribution in [0.25, 0.3) is 11.1 Å². The van der Waals surface area contributed by atoms with E-state index in [1.165, 1.54) is 6.20 Å². The molecule has 1 heterocycles. The molecule has 4 rings (SSSR count). The van der Waals surface area contributed by atoms with Gasteiger partial charge in [-0.3, -0.25) is 9.78 Å². The van der Waals surface area contributed by atoms with E-state index in [0.29, 0.717) is 45.3 Å². The van der Waals surface area contributed by atoms with Gasteiger partial charge < -0.3 is 30.3 Å². The van der Waals surface area contributed by atoms with Gasteiger partial charge in [-0.1, -0.05) is 41.9 Å². The first-order valence-corrected chi connectivity index (χ1v) is 15.4. The highest BCUT2D eigenvalue weighted by Gasteiger charge is 2.23. The molecule has 3 aromatic carbocycles. The van der Waals surface area contributed by atoms with Crippen LogP contribution in [0.4, 0.5) is 0 Å². The summed E-state index contributed by atoms with van der Waals surface area (Å²) in [6.07, 6.45) is 3.11. The van der Waals surface area contributed by atoms with Gasteiger partial charge in [0.1, 0.15) is 30.8 Å². The predicted molar refractivity (Wildman–Crippen MR) is 178 cm³/mol. The summed E-state index contributed by atoms with van der Waals surface area (Å²) >= 11 is 6.71. The number of aromatic nitrogens is 1. The summed E-state index contributed by atoms with van der Waals surface area (Å²) in [6.45, 7) is 8.22. The molecule has 0 aliphatic rings. The number of nitrogens with zero attached hydrogens (tertiary/aromatic N) is 2. The number of halogens is 1. The zero-order valence-corrected chi connectivity index (χ0v) is 27.2. The van der Waals surface area contributed by atoms with Crippen molar-refractivity contribution in [1.29, 1.82) is 5.26 Å². The summed E-state index contributed by atoms with van der Waals surface area (Å²) in [5.41, 5.74) is 6.40. The molecule has 0 radical (unpaired) electrons. The van der Waals surface area contributed by atoms with E-state index in [1.807, 2.05) is 57.2 Å². The molecule has 0 bridgehead atoms. The standard InChI is InChI=1S/C36H39ClN4O5/c1-5-40-35(44)31-11-7-10-30(24(31)3)29-9-6-8-27(23(29)2)20-46-34-14-33(45-19-26-12-25(15-38)16-39-17-26)28(13-32(34)37)18-41-36(4,21-42)22-43/h6-14,16-17,41-43H,5,18-22H2,1-4H3,(H,40,44). The molecule has 1 amide bonds. The van der Waals surface area contributed by atoms with E-state index in [1.54, 1.807) is 31.3 Å². The number of amides is 1. The number of nitrogens with one attached hydrogen (secondary N) is 2. The van der Waals surface area contributed by atoms with Gasteiger partial charge in [0.2, 0.25) is 0 Å². The zero-order valence-electron chi connectivity index (χ0n) is 26.5. The number of carbonyl (C=O) groups is 1. The van der Waals surface area contributed by atoms with Crippen LogP contribution in [0.5, 0.6) is 11.5 Å². The van der Waals surface area contributed by atoms with E-state index in [4.69, 9.17) is 21.1 Å². The molecule has 0 aliphatic heterocycles. The topological polar surface area (TPSA) is 137 Å². The third-order valence-corrected chi connectivity index (χ3v) is 8.17. The van der Waals surface area contributed by atoms with E-state index < -0.39 is 5.54 Å². The van der Waals surface area contributed by atoms with Crippen molar-refractivity contribution in [2.45, 2.75) is 53.0 Å². The minimum Gasteiger partial charge on any atom is -0.488 e. The van der Waals surface area contributed by atoms with Gasteiger partial charge in [-0.05, 0) is 73.7 Å². The Hall–Kier alpha value is -4.46. The summed E-state index contributed by atoms with van der Waals surface area (Å²) in [4.78, 5) is 16.7. The molecule has 0 saturated heterocycles. The molecular weight excluding hydrogens is 604 g/mol. The Balaban J connectivity index is 1.61. The van der Waals surface area contributed by atoms with Crippen molar-refractivity contribution in [1.82, 2.24) is 15.6 Å². The zero-order chi connectivity index (χ0) is 33.3. The molecule has 0 unspecified atom stereocenters. The van der Waals surface area contributed by atoms with Gasteiger partial charge in [-0.2, -0.15) is 5.26 Å². The molecule has 0 fully saturated rings. The van der Waals surface area contributed by atoms with E-state index in [9.17, 15) is 20.3 Å². The van der Waals surface area contributed by atoms with E-state index in [2.05, 4.69) is 21.7 Å². The summed E-state index contributed by atoms with van der Waals surface area (Å²) in [5, 5.41) is 35.2. The van der Waals surface area contributed by atoms with Crippen LogP contribution in [0.2, 0.25) is 5.02 Å². The second kappa shape index (κ2) is 15.7. The number of aliphatic hydroxyl groups excluding tert-OH is 2. The van der Waals surface area contributed by atoms with Crippen molar-refractivity contribution in [2.75, 3.05) is 19.8 Å². The minimum atomic E-state index is -0.913. The van der Waals surface area contributed by atoms with Gasteiger partial charge in [0.25, 0.3) is 5.91 Å². The van der Waals surface area contributed by atoms with Crippen molar-refractivity contribution in [3.8, 4) is 28.7 Å². The minimum absolute atomic E-state index is 0.100. The van der Waals surface area contributed by atoms with Crippen LogP contribution in [0.1, 0.15) is 57.6 Å². The largest absolute Gasteiger partial charge is 0.488 e. The molecule has 46 heavy (non-hydrogen) atoms. The fourth-order valence-electron chi connectivity index (χ4n) is 4.93. The summed E-state index contributed by atoms with van der Waals surface area (Å²) in [6, 6.07) is 19.0. The predicted octanol–water partition coefficient (Wildman–Crippen LogP) is 5.63. The van der Waals surface area contributed by atoms with Crippen molar-refractivity contribution in [2.24, 2.45) is 0 Å². The number of carbonyl (C=O) groups excluding carboxylic acids is 1. The molecular formula is C36H39ClN4O5. The van der Waals surface area contributed by atoms with Gasteiger partial charge in [0.05, 0.1) is 29.3 Å². The number of nitriles is 1. The Kier molecular flexibility index (Phi) is 11.7. The maximum atomic E-state index is 12.6. The quantitative estimate of drug-likeness (QED) is 0.139. The third-order valence-electron chi connectivity index (χ3n) is 7.87. The Morgan fingerprint density at radius 1 is 0.957 bits per heavy atom. The van der Waals surface area contributed by atoms with Gasteiger partial charge in [-0.15, -0.1) is 0 Å². The first kappa shape index (κ1) is 34.4. The lowest BCUT2D eigenvalue weighted by Gasteiger charge is -2.27. The number of aliphatic hydroxyl groups is 2. The van der Waals surface area contributed by atoms with E-state index in [-0.39, 0.29) is 38.9 Å². The highest BCUT2D eigenvalue weighted by Crippen LogP contribution is 2.35. The SMILES string of the molecule is CCNC(=O)c1cccc(-c2cccc(COc3cc(OCc4cncc(C#N)c4)c(CNC(C)(CO)CO)cc3Cl)c2C)c1C. The molecule has 1 aromatic heterocycles. The molecule has 240 valence electrons. The Bertz CT molecular complexity index is 1730. The molecule has 0 saturated carbocycles. The van der Waals surface area contributed by atoms with Crippen LogP contribution < -0.4 is 20.1 Å². The number of hydrogen-bond acceptors (Lipinski definition) is 8. The normalized spacial score (nSPS) is 11.2. The van der Waals surface area contributed by atoms with Gasteiger partial charge >= 0.3 is 0 Å². The van der Waals surface area contributed by atoms with Crippen molar-refractivity contribution >= 4 is 17.5 Å². The number of ether oxygens (including phenoxy) is 2. The van der Waals surface area contributed by atoms with Crippen molar-refractivity contribution in [3.05, 3.63) is 111 Å². The molecule has 9 nitrogen and oxygen atoms in total. The van der Waals surface area contributed by atoms with Crippen LogP contribution in [0, 0.1) is 25.2 Å². The second-order valence-electron chi connectivity index (χ2n) is 11.3. The fraction of sp³-hybridized carbons (Fsp3) is 0.306. The number of rotatable bonds is 14. The molecule has 4 N–H and O–H groups in total. The fourth-order valence-corrected chi connectivity index (χ4v) is 5.18. The smallest absolute Gasteiger partial charge is 0.251 e. The van der Waals surface area contributed by atoms with Gasteiger partial charge in [0.15, 0.2) is 0 Å². The van der Waals surface area contributed by atoms with Crippen LogP contribution in [0.3, 0.4) is 0 Å². The number of benzene rings is 3. The lowest BCUT2D eigenvalue weighted by atomic mass is 9.91. The monoisotopic (exact) mass is 642 g/mol. The Morgan fingerprint density at radius 2 is 1.65 bits per heavy atom. The first-order valence-electron chi connectivity index (χ1n) is 15.0. The van der Waals surface area contributed by atoms with Crippen LogP contribution >= 0.6 is 11.6 Å². The molecule has 0 atom stereocenters. The lowest BCUT2D eigenvalue weighted by molar-refractivity contribution is 0.0955. The number of pyridine rings is 1. The van der Waals surface area contributed by atoms with Gasteiger partial charge in [0, 0.05) is 48.2 Å². The van der Waals surface area contributed by atoms with E-state index in [0.717, 1.165) is 27.8 Å². The second-order valence-corrected chi connectivity index (χ2v) is 11.7. The average Bonchev–Trinajstić information content (AvgIpc) is 3.07. The summed E-state index contributed by atoms with van der Waals surface area (Å²) in [5.74, 6) is 0.794. The lowest BCUT2D eigenvalue weighted by Crippen LogP contribution is -2.48. The molecule has 0 spiro atoms. The van der Waals surface area contributed by atoms with E-state index >= 15 is 0 Å². The Morgan fingerprint density at radius 3 is 2.35 bits per heavy atom. The van der Waals surface area contributed by atoms with Crippen LogP contribution in [0.15, 0.2) is 67.0 Å². The first-order chi connectivity index (χ1) is 22.1. The molecule has 0 aliphatic carbocycles. The molecule has 10 heteroatoms. The van der Waals surface area contributed by atoms with Crippen molar-refractivity contribution < 1.29 is 24.5 Å². The van der Waals surface area contributed by atoms with Crippen LogP contribution in [-0.4, -0.2) is 46.4 Å². The number of hydrogen-bond donors (Lipinski definition) is 4. The third kappa shape index (κ3) is 8.22. The van der Waals surface area contributed by atoms with Crippen LogP contribution in [-0.2, 0) is 19.8 Å².